The molecule has 0 aliphatic carbocycles. The van der Waals surface area contributed by atoms with Crippen LogP contribution in [0.1, 0.15) is 31.9 Å². The molecule has 25 heavy (non-hydrogen) atoms. The van der Waals surface area contributed by atoms with Gasteiger partial charge in [-0.3, -0.25) is 4.79 Å². The fraction of sp³-hybridized carbons (Fsp3) is 0.611. The van der Waals surface area contributed by atoms with Gasteiger partial charge in [0.15, 0.2) is 0 Å². The first-order valence-corrected chi connectivity index (χ1v) is 10.1. The van der Waals surface area contributed by atoms with E-state index in [0.717, 1.165) is 17.5 Å². The number of nitrogens with zero attached hydrogens (tertiary/aromatic N) is 2. The Labute approximate surface area is 149 Å². The van der Waals surface area contributed by atoms with Gasteiger partial charge in [0.05, 0.1) is 18.1 Å². The van der Waals surface area contributed by atoms with Gasteiger partial charge in [-0.1, -0.05) is 26.8 Å². The molecular formula is C18H26N2O4S. The first kappa shape index (κ1) is 18.4. The van der Waals surface area contributed by atoms with E-state index < -0.39 is 15.4 Å². The molecule has 0 saturated carbocycles. The topological polar surface area (TPSA) is 66.9 Å². The molecule has 2 aliphatic heterocycles. The van der Waals surface area contributed by atoms with E-state index in [1.54, 1.807) is 12.1 Å². The quantitative estimate of drug-likeness (QED) is 0.798. The van der Waals surface area contributed by atoms with Crippen LogP contribution < -0.4 is 0 Å². The number of carbonyl (C=O) groups excluding carboxylic acids is 1. The number of hydrogen-bond donors (Lipinski definition) is 0. The molecule has 0 radical (unpaired) electrons. The van der Waals surface area contributed by atoms with Gasteiger partial charge >= 0.3 is 0 Å². The van der Waals surface area contributed by atoms with Crippen molar-refractivity contribution in [2.75, 3.05) is 32.8 Å². The zero-order chi connectivity index (χ0) is 18.2. The standard InChI is InChI=1S/C18H26N2O4S/c1-18(2,3)17(21)19-7-6-14-4-5-16(12-15(14)13-19)25(22,23)20-8-10-24-11-9-20/h4-5,12H,6-11,13H2,1-3H3. The predicted octanol–water partition coefficient (Wildman–Crippen LogP) is 1.64. The average Bonchev–Trinajstić information content (AvgIpc) is 2.60. The summed E-state index contributed by atoms with van der Waals surface area (Å²) in [4.78, 5) is 14.7. The molecule has 0 unspecified atom stereocenters. The fourth-order valence-electron chi connectivity index (χ4n) is 3.28. The van der Waals surface area contributed by atoms with E-state index in [0.29, 0.717) is 44.3 Å². The summed E-state index contributed by atoms with van der Waals surface area (Å²) in [7, 11) is -3.51. The molecular weight excluding hydrogens is 340 g/mol. The molecule has 0 aromatic heterocycles. The maximum absolute atomic E-state index is 12.8. The Kier molecular flexibility index (Phi) is 4.92. The second-order valence-corrected chi connectivity index (χ2v) is 9.61. The van der Waals surface area contributed by atoms with Crippen LogP contribution in [-0.2, 0) is 32.5 Å². The molecule has 138 valence electrons. The molecule has 1 amide bonds. The predicted molar refractivity (Wildman–Crippen MR) is 94.6 cm³/mol. The summed E-state index contributed by atoms with van der Waals surface area (Å²) >= 11 is 0. The van der Waals surface area contributed by atoms with E-state index >= 15 is 0 Å². The van der Waals surface area contributed by atoms with E-state index in [4.69, 9.17) is 4.74 Å². The second kappa shape index (κ2) is 6.70. The average molecular weight is 366 g/mol. The van der Waals surface area contributed by atoms with E-state index in [9.17, 15) is 13.2 Å². The summed E-state index contributed by atoms with van der Waals surface area (Å²) < 4.78 is 32.4. The molecule has 3 rings (SSSR count). The molecule has 0 N–H and O–H groups in total. The number of ether oxygens (including phenoxy) is 1. The second-order valence-electron chi connectivity index (χ2n) is 7.67. The van der Waals surface area contributed by atoms with Crippen LogP contribution in [0.3, 0.4) is 0 Å². The summed E-state index contributed by atoms with van der Waals surface area (Å²) in [5.41, 5.74) is 1.62. The lowest BCUT2D eigenvalue weighted by atomic mass is 9.92. The van der Waals surface area contributed by atoms with Gasteiger partial charge in [-0.15, -0.1) is 0 Å². The third-order valence-corrected chi connectivity index (χ3v) is 6.62. The van der Waals surface area contributed by atoms with Gasteiger partial charge < -0.3 is 9.64 Å². The highest BCUT2D eigenvalue weighted by molar-refractivity contribution is 7.89. The minimum Gasteiger partial charge on any atom is -0.379 e. The summed E-state index contributed by atoms with van der Waals surface area (Å²) in [5.74, 6) is 0.0968. The molecule has 2 heterocycles. The summed E-state index contributed by atoms with van der Waals surface area (Å²) in [6, 6.07) is 5.31. The Morgan fingerprint density at radius 1 is 1.08 bits per heavy atom. The lowest BCUT2D eigenvalue weighted by molar-refractivity contribution is -0.140. The van der Waals surface area contributed by atoms with Crippen molar-refractivity contribution in [3.63, 3.8) is 0 Å². The maximum Gasteiger partial charge on any atom is 0.243 e. The number of fused-ring (bicyclic) bond motifs is 1. The van der Waals surface area contributed by atoms with Crippen LogP contribution in [0.4, 0.5) is 0 Å². The summed E-state index contributed by atoms with van der Waals surface area (Å²) in [6.45, 7) is 8.49. The van der Waals surface area contributed by atoms with Crippen LogP contribution in [0.2, 0.25) is 0 Å². The minimum atomic E-state index is -3.51. The molecule has 0 atom stereocenters. The monoisotopic (exact) mass is 366 g/mol. The van der Waals surface area contributed by atoms with Crippen molar-refractivity contribution >= 4 is 15.9 Å². The normalized spacial score (nSPS) is 19.6. The van der Waals surface area contributed by atoms with Gasteiger partial charge in [0.2, 0.25) is 15.9 Å². The van der Waals surface area contributed by atoms with Gasteiger partial charge in [0.1, 0.15) is 0 Å². The van der Waals surface area contributed by atoms with E-state index in [1.165, 1.54) is 4.31 Å². The number of carbonyl (C=O) groups is 1. The summed E-state index contributed by atoms with van der Waals surface area (Å²) in [5, 5.41) is 0. The Balaban J connectivity index is 1.86. The highest BCUT2D eigenvalue weighted by Gasteiger charge is 2.31. The molecule has 0 bridgehead atoms. The Bertz CT molecular complexity index is 762. The van der Waals surface area contributed by atoms with Gasteiger partial charge in [-0.25, -0.2) is 8.42 Å². The number of morpholine rings is 1. The first-order chi connectivity index (χ1) is 11.7. The molecule has 1 saturated heterocycles. The molecule has 0 spiro atoms. The molecule has 7 heteroatoms. The van der Waals surface area contributed by atoms with Gasteiger partial charge in [-0.05, 0) is 29.7 Å². The Hall–Kier alpha value is -1.44. The van der Waals surface area contributed by atoms with Crippen molar-refractivity contribution in [1.29, 1.82) is 0 Å². The SMILES string of the molecule is CC(C)(C)C(=O)N1CCc2ccc(S(=O)(=O)N3CCOCC3)cc2C1. The third-order valence-electron chi connectivity index (χ3n) is 4.73. The highest BCUT2D eigenvalue weighted by Crippen LogP contribution is 2.27. The number of sulfonamides is 1. The van der Waals surface area contributed by atoms with Crippen molar-refractivity contribution in [2.24, 2.45) is 5.41 Å². The van der Waals surface area contributed by atoms with Crippen molar-refractivity contribution < 1.29 is 17.9 Å². The van der Waals surface area contributed by atoms with Crippen LogP contribution in [0, 0.1) is 5.41 Å². The van der Waals surface area contributed by atoms with Crippen LogP contribution in [0.25, 0.3) is 0 Å². The van der Waals surface area contributed by atoms with Crippen LogP contribution in [-0.4, -0.2) is 56.4 Å². The largest absolute Gasteiger partial charge is 0.379 e. The van der Waals surface area contributed by atoms with Crippen LogP contribution in [0.5, 0.6) is 0 Å². The Morgan fingerprint density at radius 3 is 2.40 bits per heavy atom. The van der Waals surface area contributed by atoms with Gasteiger partial charge in [0, 0.05) is 31.6 Å². The molecule has 6 nitrogen and oxygen atoms in total. The summed E-state index contributed by atoms with van der Waals surface area (Å²) in [6.07, 6.45) is 0.759. The Morgan fingerprint density at radius 2 is 1.76 bits per heavy atom. The minimum absolute atomic E-state index is 0.0968. The van der Waals surface area contributed by atoms with Crippen molar-refractivity contribution in [3.05, 3.63) is 29.3 Å². The van der Waals surface area contributed by atoms with Crippen molar-refractivity contribution in [2.45, 2.75) is 38.6 Å². The zero-order valence-corrected chi connectivity index (χ0v) is 15.9. The number of benzene rings is 1. The fourth-order valence-corrected chi connectivity index (χ4v) is 4.74. The van der Waals surface area contributed by atoms with Gasteiger partial charge in [-0.2, -0.15) is 4.31 Å². The van der Waals surface area contributed by atoms with E-state index in [2.05, 4.69) is 0 Å². The first-order valence-electron chi connectivity index (χ1n) is 8.69. The van der Waals surface area contributed by atoms with Crippen molar-refractivity contribution in [1.82, 2.24) is 9.21 Å². The molecule has 1 aromatic rings. The third kappa shape index (κ3) is 3.73. The van der Waals surface area contributed by atoms with Gasteiger partial charge in [0.25, 0.3) is 0 Å². The molecule has 1 aromatic carbocycles. The molecule has 2 aliphatic rings. The lowest BCUT2D eigenvalue weighted by Crippen LogP contribution is -2.42. The van der Waals surface area contributed by atoms with E-state index in [-0.39, 0.29) is 5.91 Å². The number of rotatable bonds is 2. The lowest BCUT2D eigenvalue weighted by Gasteiger charge is -2.34. The zero-order valence-electron chi connectivity index (χ0n) is 15.1. The smallest absolute Gasteiger partial charge is 0.243 e. The maximum atomic E-state index is 12.8. The highest BCUT2D eigenvalue weighted by atomic mass is 32.2. The molecule has 1 fully saturated rings. The van der Waals surface area contributed by atoms with Crippen molar-refractivity contribution in [3.8, 4) is 0 Å². The van der Waals surface area contributed by atoms with Crippen LogP contribution >= 0.6 is 0 Å². The number of amides is 1. The van der Waals surface area contributed by atoms with Crippen LogP contribution in [0.15, 0.2) is 23.1 Å². The van der Waals surface area contributed by atoms with E-state index in [1.807, 2.05) is 31.7 Å². The number of hydrogen-bond acceptors (Lipinski definition) is 4.